The Balaban J connectivity index is 1.28. The van der Waals surface area contributed by atoms with Gasteiger partial charge in [-0.25, -0.2) is 9.78 Å². The van der Waals surface area contributed by atoms with Crippen LogP contribution in [0.5, 0.6) is 5.75 Å². The number of rotatable bonds is 6. The van der Waals surface area contributed by atoms with Crippen molar-refractivity contribution in [3.8, 4) is 5.75 Å². The van der Waals surface area contributed by atoms with Crippen LogP contribution in [-0.4, -0.2) is 33.9 Å². The zero-order chi connectivity index (χ0) is 19.1. The van der Waals surface area contributed by atoms with E-state index in [1.54, 1.807) is 6.07 Å². The van der Waals surface area contributed by atoms with Crippen molar-refractivity contribution in [1.29, 1.82) is 0 Å². The predicted molar refractivity (Wildman–Crippen MR) is 104 cm³/mol. The molecule has 2 aliphatic carbocycles. The minimum absolute atomic E-state index is 0.0140. The van der Waals surface area contributed by atoms with E-state index in [4.69, 9.17) is 9.47 Å². The predicted octanol–water partition coefficient (Wildman–Crippen LogP) is 3.95. The quantitative estimate of drug-likeness (QED) is 0.640. The summed E-state index contributed by atoms with van der Waals surface area (Å²) in [7, 11) is 0. The van der Waals surface area contributed by atoms with E-state index in [0.717, 1.165) is 22.3 Å². The number of fused-ring (bicyclic) bond motifs is 3. The second-order valence-corrected chi connectivity index (χ2v) is 6.60. The van der Waals surface area contributed by atoms with Crippen LogP contribution < -0.4 is 4.74 Å². The number of aromatic carboxylic acids is 1. The monoisotopic (exact) mass is 372 g/mol. The molecule has 0 amide bonds. The SMILES string of the molecule is O=C(O)c1cc(OCOC2c3ccc(-c4ccccc4)c2c3)cc2[nH]cnc12. The molecule has 0 radical (unpaired) electrons. The van der Waals surface area contributed by atoms with Crippen LogP contribution in [0.1, 0.15) is 15.9 Å². The first-order chi connectivity index (χ1) is 13.7. The Morgan fingerprint density at radius 2 is 2.04 bits per heavy atom. The number of H-pyrrole nitrogens is 1. The van der Waals surface area contributed by atoms with Gasteiger partial charge in [-0.2, -0.15) is 0 Å². The standard InChI is InChI=1S/C22H16N2O4/c25-22(26)18-9-15(10-19-20(18)24-11-23-19)27-12-28-21-14-6-7-16(17(21)8-14)13-4-2-1-3-5-13/h1-11,21H,12H2,(H,23,24)(H,25,26). The third-order valence-corrected chi connectivity index (χ3v) is 4.93. The normalized spacial score (nSPS) is 17.4. The van der Waals surface area contributed by atoms with Gasteiger partial charge in [0.05, 0.1) is 17.4 Å². The first kappa shape index (κ1) is 16.5. The third-order valence-electron chi connectivity index (χ3n) is 4.93. The van der Waals surface area contributed by atoms with Crippen molar-refractivity contribution in [1.82, 2.24) is 9.97 Å². The molecular formula is C22H16N2O4. The highest BCUT2D eigenvalue weighted by atomic mass is 16.7. The number of nitrogens with zero attached hydrogens (tertiary/aromatic N) is 1. The van der Waals surface area contributed by atoms with Gasteiger partial charge in [-0.05, 0) is 34.4 Å². The first-order valence-electron chi connectivity index (χ1n) is 8.85. The van der Waals surface area contributed by atoms with E-state index in [1.807, 2.05) is 18.2 Å². The van der Waals surface area contributed by atoms with Gasteiger partial charge < -0.3 is 19.6 Å². The fourth-order valence-electron chi connectivity index (χ4n) is 3.55. The molecule has 2 aromatic carbocycles. The van der Waals surface area contributed by atoms with Gasteiger partial charge in [-0.15, -0.1) is 0 Å². The Bertz CT molecular complexity index is 1170. The first-order valence-corrected chi connectivity index (χ1v) is 8.85. The van der Waals surface area contributed by atoms with Gasteiger partial charge in [0.2, 0.25) is 0 Å². The average Bonchev–Trinajstić information content (AvgIpc) is 3.19. The van der Waals surface area contributed by atoms with Crippen molar-refractivity contribution >= 4 is 22.6 Å². The van der Waals surface area contributed by atoms with E-state index >= 15 is 0 Å². The summed E-state index contributed by atoms with van der Waals surface area (Å²) in [6.07, 6.45) is 7.61. The zero-order valence-electron chi connectivity index (χ0n) is 14.8. The van der Waals surface area contributed by atoms with Crippen molar-refractivity contribution in [3.63, 3.8) is 0 Å². The number of benzene rings is 2. The van der Waals surface area contributed by atoms with Crippen LogP contribution in [0.15, 0.2) is 78.2 Å². The summed E-state index contributed by atoms with van der Waals surface area (Å²) < 4.78 is 11.6. The van der Waals surface area contributed by atoms with Gasteiger partial charge in [-0.3, -0.25) is 0 Å². The number of carbonyl (C=O) groups is 1. The summed E-state index contributed by atoms with van der Waals surface area (Å²) in [5.74, 6) is -0.634. The Hall–Kier alpha value is -3.64. The molecule has 0 spiro atoms. The molecule has 0 aliphatic heterocycles. The van der Waals surface area contributed by atoms with Crippen LogP contribution in [-0.2, 0) is 4.74 Å². The second kappa shape index (κ2) is 6.51. The maximum absolute atomic E-state index is 11.4. The highest BCUT2D eigenvalue weighted by Crippen LogP contribution is 2.42. The fraction of sp³-hybridized carbons (Fsp3) is 0.0909. The fourth-order valence-corrected chi connectivity index (χ4v) is 3.55. The van der Waals surface area contributed by atoms with Crippen molar-refractivity contribution in [2.24, 2.45) is 0 Å². The summed E-state index contributed by atoms with van der Waals surface area (Å²) >= 11 is 0. The number of carboxylic acid groups (broad SMARTS) is 1. The van der Waals surface area contributed by atoms with Crippen LogP contribution in [0.2, 0.25) is 0 Å². The molecular weight excluding hydrogens is 356 g/mol. The lowest BCUT2D eigenvalue weighted by molar-refractivity contribution is -0.00812. The molecule has 138 valence electrons. The topological polar surface area (TPSA) is 84.4 Å². The average molecular weight is 372 g/mol. The molecule has 6 heteroatoms. The Kier molecular flexibility index (Phi) is 3.84. The molecule has 2 aliphatic rings. The number of aromatic amines is 1. The van der Waals surface area contributed by atoms with E-state index in [1.165, 1.54) is 12.4 Å². The van der Waals surface area contributed by atoms with E-state index in [2.05, 4.69) is 40.3 Å². The summed E-state index contributed by atoms with van der Waals surface area (Å²) in [4.78, 5) is 18.4. The minimum atomic E-state index is -1.05. The van der Waals surface area contributed by atoms with Gasteiger partial charge in [-0.1, -0.05) is 42.5 Å². The van der Waals surface area contributed by atoms with Crippen molar-refractivity contribution < 1.29 is 19.4 Å². The Morgan fingerprint density at radius 1 is 1.18 bits per heavy atom. The summed E-state index contributed by atoms with van der Waals surface area (Å²) in [5, 5.41) is 9.37. The summed E-state index contributed by atoms with van der Waals surface area (Å²) in [5.41, 5.74) is 5.63. The van der Waals surface area contributed by atoms with Gasteiger partial charge >= 0.3 is 5.97 Å². The number of aromatic nitrogens is 2. The van der Waals surface area contributed by atoms with Gasteiger partial charge in [0.15, 0.2) is 6.79 Å². The van der Waals surface area contributed by atoms with E-state index in [0.29, 0.717) is 16.8 Å². The Morgan fingerprint density at radius 3 is 2.82 bits per heavy atom. The molecule has 2 N–H and O–H groups in total. The summed E-state index contributed by atoms with van der Waals surface area (Å²) in [6, 6.07) is 13.3. The number of allylic oxidation sites excluding steroid dienone is 2. The lowest BCUT2D eigenvalue weighted by atomic mass is 9.77. The van der Waals surface area contributed by atoms with Gasteiger partial charge in [0.1, 0.15) is 17.4 Å². The van der Waals surface area contributed by atoms with Gasteiger partial charge in [0.25, 0.3) is 0 Å². The van der Waals surface area contributed by atoms with Crippen LogP contribution in [0.4, 0.5) is 0 Å². The smallest absolute Gasteiger partial charge is 0.338 e. The largest absolute Gasteiger partial charge is 0.478 e. The number of hydrogen-bond acceptors (Lipinski definition) is 4. The number of nitrogens with one attached hydrogen (secondary N) is 1. The van der Waals surface area contributed by atoms with Crippen LogP contribution >= 0.6 is 0 Å². The molecule has 1 atom stereocenters. The molecule has 3 aromatic rings. The highest BCUT2D eigenvalue weighted by Gasteiger charge is 2.33. The third kappa shape index (κ3) is 2.71. The van der Waals surface area contributed by atoms with Crippen molar-refractivity contribution in [3.05, 3.63) is 89.3 Å². The van der Waals surface area contributed by atoms with Gasteiger partial charge in [0, 0.05) is 6.07 Å². The van der Waals surface area contributed by atoms with Crippen LogP contribution in [0.3, 0.4) is 0 Å². The zero-order valence-corrected chi connectivity index (χ0v) is 14.8. The molecule has 2 bridgehead atoms. The number of ether oxygens (including phenoxy) is 2. The molecule has 0 fully saturated rings. The van der Waals surface area contributed by atoms with E-state index in [9.17, 15) is 9.90 Å². The molecule has 28 heavy (non-hydrogen) atoms. The lowest BCUT2D eigenvalue weighted by Crippen LogP contribution is -2.30. The lowest BCUT2D eigenvalue weighted by Gasteiger charge is -2.34. The molecule has 0 saturated heterocycles. The van der Waals surface area contributed by atoms with E-state index in [-0.39, 0.29) is 18.5 Å². The minimum Gasteiger partial charge on any atom is -0.478 e. The molecule has 6 nitrogen and oxygen atoms in total. The van der Waals surface area contributed by atoms with Crippen molar-refractivity contribution in [2.45, 2.75) is 6.10 Å². The molecule has 1 aromatic heterocycles. The molecule has 0 saturated carbocycles. The molecule has 5 rings (SSSR count). The highest BCUT2D eigenvalue weighted by molar-refractivity contribution is 6.01. The molecule has 1 heterocycles. The van der Waals surface area contributed by atoms with Crippen LogP contribution in [0.25, 0.3) is 16.6 Å². The summed E-state index contributed by atoms with van der Waals surface area (Å²) in [6.45, 7) is 0.0140. The maximum Gasteiger partial charge on any atom is 0.338 e. The van der Waals surface area contributed by atoms with Crippen molar-refractivity contribution in [2.75, 3.05) is 6.79 Å². The molecule has 1 unspecified atom stereocenters. The maximum atomic E-state index is 11.4. The van der Waals surface area contributed by atoms with E-state index < -0.39 is 5.97 Å². The Labute approximate surface area is 160 Å². The van der Waals surface area contributed by atoms with Crippen LogP contribution in [0, 0.1) is 0 Å². The second-order valence-electron chi connectivity index (χ2n) is 6.60. The number of imidazole rings is 1. The number of carboxylic acids is 1. The number of hydrogen-bond donors (Lipinski definition) is 2.